The fourth-order valence-electron chi connectivity index (χ4n) is 2.42. The minimum Gasteiger partial charge on any atom is -0.464 e. The van der Waals surface area contributed by atoms with E-state index in [-0.39, 0.29) is 24.2 Å². The second-order valence-electron chi connectivity index (χ2n) is 5.87. The Bertz CT molecular complexity index is 742. The van der Waals surface area contributed by atoms with Crippen molar-refractivity contribution in [1.82, 2.24) is 9.88 Å². The highest BCUT2D eigenvalue weighted by molar-refractivity contribution is 5.89. The smallest absolute Gasteiger partial charge is 0.360 e. The van der Waals surface area contributed by atoms with E-state index in [1.165, 1.54) is 18.9 Å². The van der Waals surface area contributed by atoms with Crippen molar-refractivity contribution in [2.75, 3.05) is 32.7 Å². The number of methoxy groups -OCH3 is 2. The minimum absolute atomic E-state index is 0.0694. The predicted octanol–water partition coefficient (Wildman–Crippen LogP) is 3.09. The van der Waals surface area contributed by atoms with Crippen LogP contribution in [-0.2, 0) is 22.4 Å². The Morgan fingerprint density at radius 1 is 1.22 bits per heavy atom. The zero-order valence-corrected chi connectivity index (χ0v) is 15.9. The van der Waals surface area contributed by atoms with Crippen molar-refractivity contribution >= 4 is 17.7 Å². The second-order valence-corrected chi connectivity index (χ2v) is 5.87. The maximum absolute atomic E-state index is 12.7. The SMILES string of the molecule is CCc1ccc(NC(=O)N(CCCOC)Cc2nc(C(=O)OC)co2)cc1. The molecule has 1 N–H and O–H groups in total. The molecule has 0 saturated carbocycles. The summed E-state index contributed by atoms with van der Waals surface area (Å²) in [5.41, 5.74) is 1.97. The molecule has 0 aliphatic carbocycles. The van der Waals surface area contributed by atoms with Crippen LogP contribution < -0.4 is 5.32 Å². The van der Waals surface area contributed by atoms with Gasteiger partial charge in [0.05, 0.1) is 13.7 Å². The molecule has 0 atom stereocenters. The highest BCUT2D eigenvalue weighted by atomic mass is 16.5. The van der Waals surface area contributed by atoms with Gasteiger partial charge in [-0.05, 0) is 30.5 Å². The van der Waals surface area contributed by atoms with Crippen molar-refractivity contribution < 1.29 is 23.5 Å². The molecule has 2 aromatic rings. The number of esters is 1. The number of nitrogens with zero attached hydrogens (tertiary/aromatic N) is 2. The molecule has 27 heavy (non-hydrogen) atoms. The van der Waals surface area contributed by atoms with Crippen molar-refractivity contribution in [3.8, 4) is 0 Å². The van der Waals surface area contributed by atoms with Crippen LogP contribution in [0.4, 0.5) is 10.5 Å². The number of anilines is 1. The van der Waals surface area contributed by atoms with Gasteiger partial charge in [0.1, 0.15) is 6.26 Å². The molecule has 0 saturated heterocycles. The van der Waals surface area contributed by atoms with Gasteiger partial charge in [-0.2, -0.15) is 0 Å². The molecule has 0 unspecified atom stereocenters. The van der Waals surface area contributed by atoms with E-state index in [2.05, 4.69) is 22.0 Å². The van der Waals surface area contributed by atoms with Crippen LogP contribution in [0.25, 0.3) is 0 Å². The minimum atomic E-state index is -0.587. The maximum Gasteiger partial charge on any atom is 0.360 e. The lowest BCUT2D eigenvalue weighted by atomic mass is 10.1. The van der Waals surface area contributed by atoms with Gasteiger partial charge in [0.15, 0.2) is 5.69 Å². The number of benzene rings is 1. The lowest BCUT2D eigenvalue weighted by Crippen LogP contribution is -2.35. The number of amides is 2. The number of hydrogen-bond donors (Lipinski definition) is 1. The highest BCUT2D eigenvalue weighted by Crippen LogP contribution is 2.13. The van der Waals surface area contributed by atoms with E-state index in [1.807, 2.05) is 24.3 Å². The third-order valence-corrected chi connectivity index (χ3v) is 3.95. The number of rotatable bonds is 9. The first-order valence-electron chi connectivity index (χ1n) is 8.73. The molecule has 8 nitrogen and oxygen atoms in total. The van der Waals surface area contributed by atoms with Gasteiger partial charge in [-0.3, -0.25) is 0 Å². The molecule has 0 radical (unpaired) electrons. The Balaban J connectivity index is 2.06. The van der Waals surface area contributed by atoms with Crippen molar-refractivity contribution in [3.63, 3.8) is 0 Å². The second kappa shape index (κ2) is 10.3. The van der Waals surface area contributed by atoms with E-state index >= 15 is 0 Å². The molecule has 2 rings (SSSR count). The van der Waals surface area contributed by atoms with Gasteiger partial charge in [0.2, 0.25) is 5.89 Å². The summed E-state index contributed by atoms with van der Waals surface area (Å²) in [4.78, 5) is 29.8. The quantitative estimate of drug-likeness (QED) is 0.535. The Kier molecular flexibility index (Phi) is 7.81. The molecule has 1 aromatic carbocycles. The Morgan fingerprint density at radius 2 is 1.96 bits per heavy atom. The predicted molar refractivity (Wildman–Crippen MR) is 99.6 cm³/mol. The van der Waals surface area contributed by atoms with Crippen LogP contribution in [0.3, 0.4) is 0 Å². The molecule has 1 heterocycles. The maximum atomic E-state index is 12.7. The molecule has 0 fully saturated rings. The first-order chi connectivity index (χ1) is 13.1. The zero-order valence-electron chi connectivity index (χ0n) is 15.9. The van der Waals surface area contributed by atoms with Crippen LogP contribution in [0, 0.1) is 0 Å². The normalized spacial score (nSPS) is 10.5. The molecular weight excluding hydrogens is 350 g/mol. The summed E-state index contributed by atoms with van der Waals surface area (Å²) in [6.45, 7) is 3.17. The van der Waals surface area contributed by atoms with E-state index in [9.17, 15) is 9.59 Å². The van der Waals surface area contributed by atoms with Crippen LogP contribution in [0.5, 0.6) is 0 Å². The van der Waals surface area contributed by atoms with Gasteiger partial charge in [-0.15, -0.1) is 0 Å². The number of carbonyl (C=O) groups is 2. The standard InChI is InChI=1S/C19H25N3O5/c1-4-14-6-8-15(9-7-14)20-19(24)22(10-5-11-25-2)12-17-21-16(13-27-17)18(23)26-3/h6-9,13H,4-5,10-12H2,1-3H3,(H,20,24). The van der Waals surface area contributed by atoms with Gasteiger partial charge < -0.3 is 24.1 Å². The molecule has 0 aliphatic rings. The summed E-state index contributed by atoms with van der Waals surface area (Å²) in [6.07, 6.45) is 2.81. The lowest BCUT2D eigenvalue weighted by molar-refractivity contribution is 0.0594. The Morgan fingerprint density at radius 3 is 2.59 bits per heavy atom. The van der Waals surface area contributed by atoms with Crippen LogP contribution in [0.1, 0.15) is 35.3 Å². The lowest BCUT2D eigenvalue weighted by Gasteiger charge is -2.21. The number of hydrogen-bond acceptors (Lipinski definition) is 6. The number of oxazole rings is 1. The highest BCUT2D eigenvalue weighted by Gasteiger charge is 2.19. The first-order valence-corrected chi connectivity index (χ1v) is 8.73. The van der Waals surface area contributed by atoms with E-state index in [4.69, 9.17) is 9.15 Å². The largest absolute Gasteiger partial charge is 0.464 e. The monoisotopic (exact) mass is 375 g/mol. The van der Waals surface area contributed by atoms with E-state index < -0.39 is 5.97 Å². The fraction of sp³-hybridized carbons (Fsp3) is 0.421. The van der Waals surface area contributed by atoms with Gasteiger partial charge in [0.25, 0.3) is 0 Å². The molecule has 0 spiro atoms. The topological polar surface area (TPSA) is 93.9 Å². The molecular formula is C19H25N3O5. The zero-order chi connectivity index (χ0) is 19.6. The fourth-order valence-corrected chi connectivity index (χ4v) is 2.42. The number of aromatic nitrogens is 1. The van der Waals surface area contributed by atoms with Gasteiger partial charge in [-0.1, -0.05) is 19.1 Å². The third kappa shape index (κ3) is 6.10. The summed E-state index contributed by atoms with van der Waals surface area (Å²) in [6, 6.07) is 7.39. The molecule has 2 amide bonds. The number of urea groups is 1. The average molecular weight is 375 g/mol. The summed E-state index contributed by atoms with van der Waals surface area (Å²) in [5.74, 6) is -0.333. The summed E-state index contributed by atoms with van der Waals surface area (Å²) in [7, 11) is 2.88. The van der Waals surface area contributed by atoms with Crippen molar-refractivity contribution in [2.24, 2.45) is 0 Å². The van der Waals surface area contributed by atoms with Gasteiger partial charge in [0, 0.05) is 25.9 Å². The number of aryl methyl sites for hydroxylation is 1. The van der Waals surface area contributed by atoms with Crippen molar-refractivity contribution in [1.29, 1.82) is 0 Å². The summed E-state index contributed by atoms with van der Waals surface area (Å²) in [5, 5.41) is 2.87. The van der Waals surface area contributed by atoms with Gasteiger partial charge >= 0.3 is 12.0 Å². The third-order valence-electron chi connectivity index (χ3n) is 3.95. The van der Waals surface area contributed by atoms with E-state index in [0.29, 0.717) is 25.3 Å². The van der Waals surface area contributed by atoms with Crippen molar-refractivity contribution in [3.05, 3.63) is 47.7 Å². The van der Waals surface area contributed by atoms with Crippen LogP contribution in [-0.4, -0.2) is 49.3 Å². The van der Waals surface area contributed by atoms with Crippen molar-refractivity contribution in [2.45, 2.75) is 26.3 Å². The molecule has 0 aliphatic heterocycles. The molecule has 146 valence electrons. The van der Waals surface area contributed by atoms with Crippen LogP contribution >= 0.6 is 0 Å². The van der Waals surface area contributed by atoms with E-state index in [1.54, 1.807) is 12.0 Å². The van der Waals surface area contributed by atoms with Crippen LogP contribution in [0.15, 0.2) is 34.9 Å². The Hall–Kier alpha value is -2.87. The number of ether oxygens (including phenoxy) is 2. The molecule has 1 aromatic heterocycles. The average Bonchev–Trinajstić information content (AvgIpc) is 3.16. The molecule has 8 heteroatoms. The van der Waals surface area contributed by atoms with Gasteiger partial charge in [-0.25, -0.2) is 14.6 Å². The summed E-state index contributed by atoms with van der Waals surface area (Å²) >= 11 is 0. The number of nitrogens with one attached hydrogen (secondary N) is 1. The Labute approximate surface area is 158 Å². The van der Waals surface area contributed by atoms with Crippen LogP contribution in [0.2, 0.25) is 0 Å². The first kappa shape index (κ1) is 20.4. The summed E-state index contributed by atoms with van der Waals surface area (Å²) < 4.78 is 15.0. The molecule has 0 bridgehead atoms. The van der Waals surface area contributed by atoms with E-state index in [0.717, 1.165) is 6.42 Å². The number of carbonyl (C=O) groups excluding carboxylic acids is 2.